The summed E-state index contributed by atoms with van der Waals surface area (Å²) < 4.78 is 23.3. The second-order valence-corrected chi connectivity index (χ2v) is 3.97. The summed E-state index contributed by atoms with van der Waals surface area (Å²) in [7, 11) is 1.51. The molecule has 0 atom stereocenters. The van der Waals surface area contributed by atoms with Gasteiger partial charge in [0.25, 0.3) is 0 Å². The molecule has 0 aliphatic heterocycles. The molecule has 86 valence electrons. The first kappa shape index (κ1) is 11.1. The smallest absolute Gasteiger partial charge is 0.188 e. The zero-order valence-corrected chi connectivity index (χ0v) is 9.03. The Hall–Kier alpha value is -1.42. The van der Waals surface area contributed by atoms with Gasteiger partial charge >= 0.3 is 0 Å². The highest BCUT2D eigenvalue weighted by atomic mass is 19.1. The number of ether oxygens (including phenoxy) is 2. The highest BCUT2D eigenvalue weighted by molar-refractivity contribution is 5.74. The minimum absolute atomic E-state index is 0.0908. The lowest BCUT2D eigenvalue weighted by Crippen LogP contribution is -2.12. The summed E-state index contributed by atoms with van der Waals surface area (Å²) in [4.78, 5) is 11.0. The van der Waals surface area contributed by atoms with Gasteiger partial charge in [0.15, 0.2) is 6.79 Å². The van der Waals surface area contributed by atoms with Gasteiger partial charge in [-0.05, 0) is 31.0 Å². The van der Waals surface area contributed by atoms with Crippen LogP contribution in [-0.2, 0) is 14.9 Å². The lowest BCUT2D eigenvalue weighted by atomic mass is 9.96. The second kappa shape index (κ2) is 4.22. The molecule has 3 nitrogen and oxygen atoms in total. The van der Waals surface area contributed by atoms with Crippen LogP contribution in [0, 0.1) is 5.82 Å². The lowest BCUT2D eigenvalue weighted by Gasteiger charge is -2.14. The molecule has 2 rings (SSSR count). The van der Waals surface area contributed by atoms with E-state index in [2.05, 4.69) is 0 Å². The van der Waals surface area contributed by atoms with E-state index in [-0.39, 0.29) is 12.6 Å². The summed E-state index contributed by atoms with van der Waals surface area (Å²) in [5.41, 5.74) is 0.0881. The van der Waals surface area contributed by atoms with Crippen molar-refractivity contribution < 1.29 is 18.7 Å². The normalized spacial score (nSPS) is 16.9. The quantitative estimate of drug-likeness (QED) is 0.567. The molecule has 4 heteroatoms. The van der Waals surface area contributed by atoms with Gasteiger partial charge in [-0.15, -0.1) is 0 Å². The molecule has 0 unspecified atom stereocenters. The number of carbonyl (C=O) groups excluding carboxylic acids is 1. The summed E-state index contributed by atoms with van der Waals surface area (Å²) in [5, 5.41) is 0. The van der Waals surface area contributed by atoms with Gasteiger partial charge in [0, 0.05) is 12.7 Å². The first-order chi connectivity index (χ1) is 7.72. The van der Waals surface area contributed by atoms with E-state index in [0.29, 0.717) is 11.3 Å². The molecule has 0 bridgehead atoms. The van der Waals surface area contributed by atoms with Crippen molar-refractivity contribution in [2.24, 2.45) is 0 Å². The average molecular weight is 224 g/mol. The zero-order valence-electron chi connectivity index (χ0n) is 9.03. The number of rotatable bonds is 5. The van der Waals surface area contributed by atoms with Gasteiger partial charge in [-0.2, -0.15) is 0 Å². The first-order valence-electron chi connectivity index (χ1n) is 5.10. The Bertz CT molecular complexity index is 399. The second-order valence-electron chi connectivity index (χ2n) is 3.97. The van der Waals surface area contributed by atoms with Crippen LogP contribution in [0.15, 0.2) is 18.2 Å². The monoisotopic (exact) mass is 224 g/mol. The number of hydrogen-bond donors (Lipinski definition) is 0. The molecule has 0 radical (unpaired) electrons. The predicted octanol–water partition coefficient (Wildman–Crippen LogP) is 2.04. The Morgan fingerprint density at radius 1 is 1.50 bits per heavy atom. The lowest BCUT2D eigenvalue weighted by molar-refractivity contribution is -0.109. The molecular formula is C12H13FO3. The van der Waals surface area contributed by atoms with Crippen LogP contribution in [-0.4, -0.2) is 20.2 Å². The number of methoxy groups -OCH3 is 1. The summed E-state index contributed by atoms with van der Waals surface area (Å²) in [6, 6.07) is 4.22. The van der Waals surface area contributed by atoms with Crippen LogP contribution < -0.4 is 4.74 Å². The van der Waals surface area contributed by atoms with Crippen molar-refractivity contribution in [1.82, 2.24) is 0 Å². The molecule has 1 saturated carbocycles. The summed E-state index contributed by atoms with van der Waals surface area (Å²) in [5.74, 6) is 0.167. The van der Waals surface area contributed by atoms with Gasteiger partial charge in [0.05, 0.1) is 5.41 Å². The standard InChI is InChI=1S/C12H13FO3/c1-15-8-16-11-3-2-9(13)6-10(11)12(7-14)4-5-12/h2-3,6-7H,4-5,8H2,1H3. The van der Waals surface area contributed by atoms with Crippen LogP contribution in [0.5, 0.6) is 5.75 Å². The van der Waals surface area contributed by atoms with E-state index in [4.69, 9.17) is 9.47 Å². The Morgan fingerprint density at radius 3 is 2.81 bits per heavy atom. The summed E-state index contributed by atoms with van der Waals surface area (Å²) in [6.07, 6.45) is 2.38. The largest absolute Gasteiger partial charge is 0.467 e. The van der Waals surface area contributed by atoms with E-state index in [0.717, 1.165) is 19.1 Å². The summed E-state index contributed by atoms with van der Waals surface area (Å²) in [6.45, 7) is 0.0908. The number of halogens is 1. The molecular weight excluding hydrogens is 211 g/mol. The molecule has 0 saturated heterocycles. The van der Waals surface area contributed by atoms with Gasteiger partial charge < -0.3 is 14.3 Å². The van der Waals surface area contributed by atoms with Gasteiger partial charge in [-0.1, -0.05) is 0 Å². The predicted molar refractivity (Wildman–Crippen MR) is 55.9 cm³/mol. The average Bonchev–Trinajstić information content (AvgIpc) is 3.08. The molecule has 0 spiro atoms. The van der Waals surface area contributed by atoms with Crippen LogP contribution in [0.2, 0.25) is 0 Å². The van der Waals surface area contributed by atoms with Gasteiger partial charge in [-0.3, -0.25) is 0 Å². The minimum Gasteiger partial charge on any atom is -0.467 e. The molecule has 0 N–H and O–H groups in total. The van der Waals surface area contributed by atoms with Crippen LogP contribution in [0.1, 0.15) is 18.4 Å². The maximum Gasteiger partial charge on any atom is 0.188 e. The Labute approximate surface area is 93.2 Å². The topological polar surface area (TPSA) is 35.5 Å². The number of carbonyl (C=O) groups is 1. The first-order valence-corrected chi connectivity index (χ1v) is 5.10. The molecule has 0 heterocycles. The fourth-order valence-electron chi connectivity index (χ4n) is 1.72. The molecule has 1 fully saturated rings. The highest BCUT2D eigenvalue weighted by Crippen LogP contribution is 2.49. The minimum atomic E-state index is -0.537. The third-order valence-electron chi connectivity index (χ3n) is 2.82. The molecule has 0 aromatic heterocycles. The van der Waals surface area contributed by atoms with Crippen LogP contribution in [0.3, 0.4) is 0 Å². The van der Waals surface area contributed by atoms with E-state index < -0.39 is 5.41 Å². The molecule has 1 aromatic carbocycles. The Kier molecular flexibility index (Phi) is 2.92. The number of benzene rings is 1. The SMILES string of the molecule is COCOc1ccc(F)cc1C1(C=O)CC1. The Morgan fingerprint density at radius 2 is 2.25 bits per heavy atom. The van der Waals surface area contributed by atoms with Gasteiger partial charge in [0.2, 0.25) is 0 Å². The van der Waals surface area contributed by atoms with Crippen LogP contribution in [0.25, 0.3) is 0 Å². The van der Waals surface area contributed by atoms with Crippen molar-refractivity contribution in [3.8, 4) is 5.75 Å². The number of hydrogen-bond acceptors (Lipinski definition) is 3. The molecule has 16 heavy (non-hydrogen) atoms. The maximum atomic E-state index is 13.2. The van der Waals surface area contributed by atoms with Crippen LogP contribution in [0.4, 0.5) is 4.39 Å². The third kappa shape index (κ3) is 1.93. The van der Waals surface area contributed by atoms with Gasteiger partial charge in [0.1, 0.15) is 17.9 Å². The van der Waals surface area contributed by atoms with Crippen molar-refractivity contribution in [3.05, 3.63) is 29.6 Å². The van der Waals surface area contributed by atoms with Crippen LogP contribution >= 0.6 is 0 Å². The van der Waals surface area contributed by atoms with E-state index in [9.17, 15) is 9.18 Å². The maximum absolute atomic E-state index is 13.2. The summed E-state index contributed by atoms with van der Waals surface area (Å²) >= 11 is 0. The third-order valence-corrected chi connectivity index (χ3v) is 2.82. The Balaban J connectivity index is 2.33. The van der Waals surface area contributed by atoms with Crippen molar-refractivity contribution in [2.75, 3.05) is 13.9 Å². The van der Waals surface area contributed by atoms with E-state index in [1.807, 2.05) is 0 Å². The molecule has 0 amide bonds. The molecule has 1 aliphatic rings. The van der Waals surface area contributed by atoms with Crippen molar-refractivity contribution in [3.63, 3.8) is 0 Å². The number of aldehydes is 1. The van der Waals surface area contributed by atoms with Crippen molar-refractivity contribution in [2.45, 2.75) is 18.3 Å². The van der Waals surface area contributed by atoms with E-state index in [1.54, 1.807) is 0 Å². The van der Waals surface area contributed by atoms with Crippen molar-refractivity contribution in [1.29, 1.82) is 0 Å². The highest BCUT2D eigenvalue weighted by Gasteiger charge is 2.46. The fourth-order valence-corrected chi connectivity index (χ4v) is 1.72. The van der Waals surface area contributed by atoms with E-state index in [1.165, 1.54) is 25.3 Å². The molecule has 1 aromatic rings. The zero-order chi connectivity index (χ0) is 11.6. The fraction of sp³-hybridized carbons (Fsp3) is 0.417. The van der Waals surface area contributed by atoms with E-state index >= 15 is 0 Å². The van der Waals surface area contributed by atoms with Gasteiger partial charge in [-0.25, -0.2) is 4.39 Å². The molecule has 1 aliphatic carbocycles. The van der Waals surface area contributed by atoms with Crippen molar-refractivity contribution >= 4 is 6.29 Å².